The quantitative estimate of drug-likeness (QED) is 0.771. The molecule has 1 aliphatic rings. The maximum atomic E-state index is 11.9. The van der Waals surface area contributed by atoms with E-state index in [9.17, 15) is 9.59 Å². The van der Waals surface area contributed by atoms with Crippen LogP contribution in [0.25, 0.3) is 0 Å². The number of carbonyl (C=O) groups is 2. The van der Waals surface area contributed by atoms with Crippen molar-refractivity contribution in [2.24, 2.45) is 0 Å². The van der Waals surface area contributed by atoms with Gasteiger partial charge in [-0.25, -0.2) is 4.79 Å². The van der Waals surface area contributed by atoms with E-state index in [4.69, 9.17) is 21.4 Å². The van der Waals surface area contributed by atoms with Crippen molar-refractivity contribution in [3.63, 3.8) is 0 Å². The summed E-state index contributed by atoms with van der Waals surface area (Å²) in [7, 11) is 0. The fraction of sp³-hybridized carbons (Fsp3) is 0.429. The van der Waals surface area contributed by atoms with E-state index in [0.29, 0.717) is 18.2 Å². The zero-order valence-corrected chi connectivity index (χ0v) is 12.4. The van der Waals surface area contributed by atoms with Gasteiger partial charge in [0.25, 0.3) is 0 Å². The maximum absolute atomic E-state index is 11.9. The summed E-state index contributed by atoms with van der Waals surface area (Å²) in [6.45, 7) is 3.34. The molecule has 2 rings (SSSR count). The highest BCUT2D eigenvalue weighted by molar-refractivity contribution is 6.33. The number of halogens is 1. The average Bonchev–Trinajstić information content (AvgIpc) is 2.86. The van der Waals surface area contributed by atoms with Gasteiger partial charge in [-0.15, -0.1) is 0 Å². The number of carbonyl (C=O) groups excluding carboxylic acids is 1. The average molecular weight is 313 g/mol. The molecule has 1 aromatic rings. The van der Waals surface area contributed by atoms with E-state index in [1.807, 2.05) is 6.92 Å². The lowest BCUT2D eigenvalue weighted by atomic mass is 10.0. The summed E-state index contributed by atoms with van der Waals surface area (Å²) in [5.74, 6) is -1.36. The van der Waals surface area contributed by atoms with Gasteiger partial charge in [0.1, 0.15) is 0 Å². The summed E-state index contributed by atoms with van der Waals surface area (Å²) >= 11 is 5.95. The number of hydrogen-bond donors (Lipinski definition) is 3. The van der Waals surface area contributed by atoms with Crippen LogP contribution in [0.3, 0.4) is 0 Å². The van der Waals surface area contributed by atoms with E-state index < -0.39 is 5.97 Å². The first kappa shape index (κ1) is 15.8. The smallest absolute Gasteiger partial charge is 0.335 e. The van der Waals surface area contributed by atoms with E-state index in [2.05, 4.69) is 10.6 Å². The highest BCUT2D eigenvalue weighted by atomic mass is 35.5. The van der Waals surface area contributed by atoms with E-state index in [0.717, 1.165) is 6.42 Å². The van der Waals surface area contributed by atoms with Gasteiger partial charge in [0.05, 0.1) is 29.4 Å². The van der Waals surface area contributed by atoms with E-state index in [1.54, 1.807) is 0 Å². The van der Waals surface area contributed by atoms with Crippen LogP contribution in [0.15, 0.2) is 18.2 Å². The Morgan fingerprint density at radius 1 is 1.48 bits per heavy atom. The van der Waals surface area contributed by atoms with Crippen LogP contribution < -0.4 is 10.6 Å². The Labute approximate surface area is 127 Å². The molecule has 21 heavy (non-hydrogen) atoms. The van der Waals surface area contributed by atoms with Crippen LogP contribution in [-0.4, -0.2) is 42.3 Å². The molecule has 1 aliphatic heterocycles. The predicted molar refractivity (Wildman–Crippen MR) is 78.9 cm³/mol. The number of nitrogens with one attached hydrogen (secondary N) is 2. The molecular formula is C14H17ClN2O4. The lowest BCUT2D eigenvalue weighted by molar-refractivity contribution is -0.115. The summed E-state index contributed by atoms with van der Waals surface area (Å²) in [6, 6.07) is 4.17. The third-order valence-electron chi connectivity index (χ3n) is 3.38. The van der Waals surface area contributed by atoms with E-state index >= 15 is 0 Å². The fourth-order valence-electron chi connectivity index (χ4n) is 2.05. The van der Waals surface area contributed by atoms with Crippen molar-refractivity contribution >= 4 is 29.2 Å². The Morgan fingerprint density at radius 3 is 2.86 bits per heavy atom. The van der Waals surface area contributed by atoms with Crippen LogP contribution in [-0.2, 0) is 9.53 Å². The second kappa shape index (κ2) is 6.43. The lowest BCUT2D eigenvalue weighted by Crippen LogP contribution is -2.46. The Bertz CT molecular complexity index is 556. The molecule has 0 radical (unpaired) electrons. The van der Waals surface area contributed by atoms with Crippen LogP contribution in [0.4, 0.5) is 5.69 Å². The molecule has 7 heteroatoms. The first-order chi connectivity index (χ1) is 9.89. The standard InChI is InChI=1S/C14H17ClN2O4/c1-14(4-5-21-8-14)16-7-12(18)17-11-6-9(13(19)20)2-3-10(11)15/h2-3,6,16H,4-5,7-8H2,1H3,(H,17,18)(H,19,20). The molecule has 3 N–H and O–H groups in total. The second-order valence-electron chi connectivity index (χ2n) is 5.26. The summed E-state index contributed by atoms with van der Waals surface area (Å²) < 4.78 is 5.29. The number of anilines is 1. The molecule has 1 unspecified atom stereocenters. The minimum atomic E-state index is -1.07. The number of benzene rings is 1. The first-order valence-electron chi connectivity index (χ1n) is 6.55. The molecule has 1 heterocycles. The summed E-state index contributed by atoms with van der Waals surface area (Å²) in [4.78, 5) is 22.8. The lowest BCUT2D eigenvalue weighted by Gasteiger charge is -2.23. The van der Waals surface area contributed by atoms with Gasteiger partial charge in [0, 0.05) is 12.1 Å². The highest BCUT2D eigenvalue weighted by Crippen LogP contribution is 2.23. The number of hydrogen-bond acceptors (Lipinski definition) is 4. The van der Waals surface area contributed by atoms with Gasteiger partial charge in [0.2, 0.25) is 5.91 Å². The van der Waals surface area contributed by atoms with Gasteiger partial charge in [-0.3, -0.25) is 4.79 Å². The number of rotatable bonds is 5. The zero-order chi connectivity index (χ0) is 15.5. The topological polar surface area (TPSA) is 87.7 Å². The molecule has 1 fully saturated rings. The SMILES string of the molecule is CC1(NCC(=O)Nc2cc(C(=O)O)ccc2Cl)CCOC1. The summed E-state index contributed by atoms with van der Waals surface area (Å²) in [5.41, 5.74) is 0.152. The normalized spacial score (nSPS) is 21.2. The molecule has 0 spiro atoms. The maximum Gasteiger partial charge on any atom is 0.335 e. The molecule has 0 aromatic heterocycles. The summed E-state index contributed by atoms with van der Waals surface area (Å²) in [5, 5.41) is 15.0. The number of amides is 1. The van der Waals surface area contributed by atoms with Gasteiger partial charge >= 0.3 is 5.97 Å². The van der Waals surface area contributed by atoms with Gasteiger partial charge in [-0.1, -0.05) is 11.6 Å². The molecule has 1 atom stereocenters. The Kier molecular flexibility index (Phi) is 4.82. The van der Waals surface area contributed by atoms with E-state index in [-0.39, 0.29) is 29.2 Å². The first-order valence-corrected chi connectivity index (χ1v) is 6.93. The van der Waals surface area contributed by atoms with Crippen molar-refractivity contribution < 1.29 is 19.4 Å². The van der Waals surface area contributed by atoms with Crippen LogP contribution in [0.2, 0.25) is 5.02 Å². The molecule has 6 nitrogen and oxygen atoms in total. The van der Waals surface area contributed by atoms with Gasteiger partial charge in [0.15, 0.2) is 0 Å². The van der Waals surface area contributed by atoms with Crippen molar-refractivity contribution in [1.29, 1.82) is 0 Å². The van der Waals surface area contributed by atoms with Gasteiger partial charge in [-0.2, -0.15) is 0 Å². The Balaban J connectivity index is 1.96. The van der Waals surface area contributed by atoms with Crippen LogP contribution in [0.5, 0.6) is 0 Å². The zero-order valence-electron chi connectivity index (χ0n) is 11.6. The van der Waals surface area contributed by atoms with Crippen LogP contribution in [0, 0.1) is 0 Å². The van der Waals surface area contributed by atoms with Crippen LogP contribution in [0.1, 0.15) is 23.7 Å². The fourth-order valence-corrected chi connectivity index (χ4v) is 2.21. The Hall–Kier alpha value is -1.63. The van der Waals surface area contributed by atoms with Crippen molar-refractivity contribution in [2.45, 2.75) is 18.9 Å². The third kappa shape index (κ3) is 4.17. The number of carboxylic acids is 1. The van der Waals surface area contributed by atoms with Crippen molar-refractivity contribution in [3.8, 4) is 0 Å². The molecule has 1 amide bonds. The van der Waals surface area contributed by atoms with E-state index in [1.165, 1.54) is 18.2 Å². The molecule has 0 bridgehead atoms. The highest BCUT2D eigenvalue weighted by Gasteiger charge is 2.29. The molecular weight excluding hydrogens is 296 g/mol. The second-order valence-corrected chi connectivity index (χ2v) is 5.67. The predicted octanol–water partition coefficient (Wildman–Crippen LogP) is 1.75. The van der Waals surface area contributed by atoms with Crippen molar-refractivity contribution in [1.82, 2.24) is 5.32 Å². The van der Waals surface area contributed by atoms with Crippen LogP contribution >= 0.6 is 11.6 Å². The van der Waals surface area contributed by atoms with Crippen molar-refractivity contribution in [3.05, 3.63) is 28.8 Å². The molecule has 1 saturated heterocycles. The summed E-state index contributed by atoms with van der Waals surface area (Å²) in [6.07, 6.45) is 0.843. The monoisotopic (exact) mass is 312 g/mol. The number of ether oxygens (including phenoxy) is 1. The Morgan fingerprint density at radius 2 is 2.24 bits per heavy atom. The minimum Gasteiger partial charge on any atom is -0.478 e. The van der Waals surface area contributed by atoms with Crippen molar-refractivity contribution in [2.75, 3.05) is 25.1 Å². The van der Waals surface area contributed by atoms with Gasteiger partial charge in [-0.05, 0) is 31.5 Å². The third-order valence-corrected chi connectivity index (χ3v) is 3.71. The molecule has 114 valence electrons. The number of aromatic carboxylic acids is 1. The minimum absolute atomic E-state index is 0.0683. The molecule has 0 aliphatic carbocycles. The van der Waals surface area contributed by atoms with Gasteiger partial charge < -0.3 is 20.5 Å². The number of carboxylic acid groups (broad SMARTS) is 1. The largest absolute Gasteiger partial charge is 0.478 e. The molecule has 1 aromatic carbocycles. The molecule has 0 saturated carbocycles.